The number of rotatable bonds is 8. The Morgan fingerprint density at radius 2 is 1.96 bits per heavy atom. The number of aryl methyl sites for hydroxylation is 1. The molecule has 1 aliphatic heterocycles. The van der Waals surface area contributed by atoms with Crippen molar-refractivity contribution in [3.63, 3.8) is 0 Å². The van der Waals surface area contributed by atoms with Crippen LogP contribution in [0.3, 0.4) is 0 Å². The summed E-state index contributed by atoms with van der Waals surface area (Å²) in [5.41, 5.74) is 3.76. The average molecular weight is 338 g/mol. The van der Waals surface area contributed by atoms with Crippen LogP contribution in [-0.2, 0) is 13.2 Å². The van der Waals surface area contributed by atoms with E-state index < -0.39 is 0 Å². The van der Waals surface area contributed by atoms with E-state index in [1.165, 1.54) is 36.1 Å². The van der Waals surface area contributed by atoms with E-state index in [1.54, 1.807) is 0 Å². The fourth-order valence-corrected chi connectivity index (χ4v) is 3.64. The summed E-state index contributed by atoms with van der Waals surface area (Å²) >= 11 is 0. The molecule has 0 amide bonds. The summed E-state index contributed by atoms with van der Waals surface area (Å²) in [6, 6.07) is 17.6. The summed E-state index contributed by atoms with van der Waals surface area (Å²) < 4.78 is 5.97. The van der Waals surface area contributed by atoms with Crippen molar-refractivity contribution in [1.82, 2.24) is 10.2 Å². The fraction of sp³-hybridized carbons (Fsp3) is 0.455. The monoisotopic (exact) mass is 338 g/mol. The molecule has 3 nitrogen and oxygen atoms in total. The molecule has 0 spiro atoms. The van der Waals surface area contributed by atoms with Crippen LogP contribution in [0, 0.1) is 6.92 Å². The molecule has 0 aliphatic carbocycles. The topological polar surface area (TPSA) is 24.5 Å². The van der Waals surface area contributed by atoms with Crippen molar-refractivity contribution in [3.05, 3.63) is 65.2 Å². The Hall–Kier alpha value is -1.84. The third kappa shape index (κ3) is 5.32. The number of ether oxygens (including phenoxy) is 1. The highest BCUT2D eigenvalue weighted by Gasteiger charge is 2.21. The molecule has 1 heterocycles. The van der Waals surface area contributed by atoms with Crippen LogP contribution < -0.4 is 10.1 Å². The molecule has 2 aromatic rings. The molecule has 0 aromatic heterocycles. The second kappa shape index (κ2) is 9.02. The second-order valence-electron chi connectivity index (χ2n) is 6.98. The van der Waals surface area contributed by atoms with Gasteiger partial charge in [0, 0.05) is 19.1 Å². The molecule has 2 aromatic carbocycles. The third-order valence-electron chi connectivity index (χ3n) is 5.00. The Bertz CT molecular complexity index is 671. The molecule has 1 aliphatic rings. The van der Waals surface area contributed by atoms with E-state index in [4.69, 9.17) is 4.74 Å². The molecular formula is C22H30N2O. The van der Waals surface area contributed by atoms with Gasteiger partial charge >= 0.3 is 0 Å². The van der Waals surface area contributed by atoms with Gasteiger partial charge < -0.3 is 10.1 Å². The molecule has 0 saturated carbocycles. The first-order valence-corrected chi connectivity index (χ1v) is 9.46. The van der Waals surface area contributed by atoms with Gasteiger partial charge in [0.1, 0.15) is 12.4 Å². The molecule has 3 heteroatoms. The molecule has 0 radical (unpaired) electrons. The minimum absolute atomic E-state index is 0.617. The van der Waals surface area contributed by atoms with Crippen molar-refractivity contribution in [2.75, 3.05) is 19.6 Å². The molecular weight excluding hydrogens is 308 g/mol. The van der Waals surface area contributed by atoms with Crippen LogP contribution in [0.2, 0.25) is 0 Å². The third-order valence-corrected chi connectivity index (χ3v) is 5.00. The average Bonchev–Trinajstić information content (AvgIpc) is 3.08. The van der Waals surface area contributed by atoms with E-state index in [1.807, 2.05) is 6.07 Å². The largest absolute Gasteiger partial charge is 0.489 e. The highest BCUT2D eigenvalue weighted by Crippen LogP contribution is 2.17. The zero-order chi connectivity index (χ0) is 17.5. The first-order chi connectivity index (χ1) is 12.2. The van der Waals surface area contributed by atoms with Crippen molar-refractivity contribution in [2.24, 2.45) is 0 Å². The van der Waals surface area contributed by atoms with Crippen molar-refractivity contribution >= 4 is 0 Å². The Balaban J connectivity index is 1.48. The van der Waals surface area contributed by atoms with Crippen molar-refractivity contribution in [1.29, 1.82) is 0 Å². The van der Waals surface area contributed by atoms with Crippen LogP contribution >= 0.6 is 0 Å². The lowest BCUT2D eigenvalue weighted by Gasteiger charge is -2.23. The van der Waals surface area contributed by atoms with Gasteiger partial charge in [-0.15, -0.1) is 0 Å². The van der Waals surface area contributed by atoms with E-state index in [2.05, 4.69) is 66.5 Å². The summed E-state index contributed by atoms with van der Waals surface area (Å²) in [6.45, 7) is 9.37. The lowest BCUT2D eigenvalue weighted by Crippen LogP contribution is -2.37. The number of nitrogens with zero attached hydrogens (tertiary/aromatic N) is 1. The van der Waals surface area contributed by atoms with Gasteiger partial charge in [-0.1, -0.05) is 48.9 Å². The molecule has 1 atom stereocenters. The SMILES string of the molecule is CCN1CCCC1CNCc1cccc(OCc2cccc(C)c2)c1. The van der Waals surface area contributed by atoms with E-state index in [9.17, 15) is 0 Å². The maximum absolute atomic E-state index is 5.97. The fourth-order valence-electron chi connectivity index (χ4n) is 3.64. The Morgan fingerprint density at radius 1 is 1.12 bits per heavy atom. The van der Waals surface area contributed by atoms with E-state index in [-0.39, 0.29) is 0 Å². The lowest BCUT2D eigenvalue weighted by molar-refractivity contribution is 0.260. The molecule has 1 unspecified atom stereocenters. The Labute approximate surface area is 152 Å². The summed E-state index contributed by atoms with van der Waals surface area (Å²) in [7, 11) is 0. The van der Waals surface area contributed by atoms with Crippen molar-refractivity contribution in [3.8, 4) is 5.75 Å². The standard InChI is InChI=1S/C22H30N2O/c1-3-24-12-6-10-21(24)16-23-15-19-8-5-11-22(14-19)25-17-20-9-4-7-18(2)13-20/h4-5,7-9,11,13-14,21,23H,3,6,10,12,15-17H2,1-2H3. The van der Waals surface area contributed by atoms with Crippen LogP contribution in [0.15, 0.2) is 48.5 Å². The van der Waals surface area contributed by atoms with Crippen LogP contribution in [0.4, 0.5) is 0 Å². The summed E-state index contributed by atoms with van der Waals surface area (Å²) in [4.78, 5) is 2.58. The van der Waals surface area contributed by atoms with Crippen LogP contribution in [0.5, 0.6) is 5.75 Å². The van der Waals surface area contributed by atoms with Gasteiger partial charge in [0.15, 0.2) is 0 Å². The van der Waals surface area contributed by atoms with Crippen LogP contribution in [-0.4, -0.2) is 30.6 Å². The zero-order valence-corrected chi connectivity index (χ0v) is 15.5. The molecule has 1 fully saturated rings. The van der Waals surface area contributed by atoms with E-state index in [0.29, 0.717) is 12.6 Å². The molecule has 1 saturated heterocycles. The highest BCUT2D eigenvalue weighted by atomic mass is 16.5. The van der Waals surface area contributed by atoms with Gasteiger partial charge in [-0.05, 0) is 56.1 Å². The highest BCUT2D eigenvalue weighted by molar-refractivity contribution is 5.29. The second-order valence-corrected chi connectivity index (χ2v) is 6.98. The van der Waals surface area contributed by atoms with Crippen molar-refractivity contribution in [2.45, 2.75) is 45.9 Å². The number of likely N-dealkylation sites (tertiary alicyclic amines) is 1. The van der Waals surface area contributed by atoms with Crippen LogP contribution in [0.1, 0.15) is 36.5 Å². The number of nitrogens with one attached hydrogen (secondary N) is 1. The minimum atomic E-state index is 0.617. The molecule has 1 N–H and O–H groups in total. The summed E-state index contributed by atoms with van der Waals surface area (Å²) in [5, 5.41) is 3.62. The Kier molecular flexibility index (Phi) is 6.48. The van der Waals surface area contributed by atoms with E-state index >= 15 is 0 Å². The van der Waals surface area contributed by atoms with Gasteiger partial charge in [0.2, 0.25) is 0 Å². The van der Waals surface area contributed by atoms with E-state index in [0.717, 1.165) is 25.4 Å². The molecule has 134 valence electrons. The van der Waals surface area contributed by atoms with Gasteiger partial charge in [0.25, 0.3) is 0 Å². The lowest BCUT2D eigenvalue weighted by atomic mass is 10.1. The minimum Gasteiger partial charge on any atom is -0.489 e. The van der Waals surface area contributed by atoms with Crippen molar-refractivity contribution < 1.29 is 4.74 Å². The van der Waals surface area contributed by atoms with Gasteiger partial charge in [-0.3, -0.25) is 4.90 Å². The number of hydrogen-bond donors (Lipinski definition) is 1. The van der Waals surface area contributed by atoms with Gasteiger partial charge in [-0.2, -0.15) is 0 Å². The molecule has 3 rings (SSSR count). The first-order valence-electron chi connectivity index (χ1n) is 9.46. The summed E-state index contributed by atoms with van der Waals surface area (Å²) in [5.74, 6) is 0.942. The van der Waals surface area contributed by atoms with Gasteiger partial charge in [0.05, 0.1) is 0 Å². The zero-order valence-electron chi connectivity index (χ0n) is 15.5. The molecule has 0 bridgehead atoms. The van der Waals surface area contributed by atoms with Gasteiger partial charge in [-0.25, -0.2) is 0 Å². The maximum Gasteiger partial charge on any atom is 0.120 e. The maximum atomic E-state index is 5.97. The predicted octanol–water partition coefficient (Wildman–Crippen LogP) is 4.15. The predicted molar refractivity (Wildman–Crippen MR) is 104 cm³/mol. The number of hydrogen-bond acceptors (Lipinski definition) is 3. The normalized spacial score (nSPS) is 17.8. The number of benzene rings is 2. The van der Waals surface area contributed by atoms with Crippen LogP contribution in [0.25, 0.3) is 0 Å². The number of likely N-dealkylation sites (N-methyl/N-ethyl adjacent to an activating group) is 1. The summed E-state index contributed by atoms with van der Waals surface area (Å²) in [6.07, 6.45) is 2.66. The quantitative estimate of drug-likeness (QED) is 0.782. The first kappa shape index (κ1) is 18.0. The molecule has 25 heavy (non-hydrogen) atoms. The Morgan fingerprint density at radius 3 is 2.80 bits per heavy atom. The smallest absolute Gasteiger partial charge is 0.120 e.